The fourth-order valence-corrected chi connectivity index (χ4v) is 3.67. The van der Waals surface area contributed by atoms with Crippen LogP contribution in [0.5, 0.6) is 0 Å². The predicted molar refractivity (Wildman–Crippen MR) is 103 cm³/mol. The number of rotatable bonds is 3. The van der Waals surface area contributed by atoms with E-state index in [1.165, 1.54) is 0 Å². The summed E-state index contributed by atoms with van der Waals surface area (Å²) in [7, 11) is 0. The largest absolute Gasteiger partial charge is 0.369 e. The summed E-state index contributed by atoms with van der Waals surface area (Å²) in [4.78, 5) is 20.1. The van der Waals surface area contributed by atoms with Crippen LogP contribution in [-0.4, -0.2) is 50.4 Å². The lowest BCUT2D eigenvalue weighted by Gasteiger charge is -2.41. The Kier molecular flexibility index (Phi) is 4.82. The van der Waals surface area contributed by atoms with E-state index in [4.69, 9.17) is 9.72 Å². The second-order valence-corrected chi connectivity index (χ2v) is 8.54. The molecule has 1 fully saturated rings. The molecule has 0 aliphatic carbocycles. The van der Waals surface area contributed by atoms with Crippen LogP contribution in [0.25, 0.3) is 11.0 Å². The highest BCUT2D eigenvalue weighted by molar-refractivity contribution is 6.05. The minimum atomic E-state index is -0.345. The molecule has 0 bridgehead atoms. The van der Waals surface area contributed by atoms with E-state index in [1.54, 1.807) is 6.20 Å². The van der Waals surface area contributed by atoms with Gasteiger partial charge in [-0.05, 0) is 46.6 Å². The first kappa shape index (κ1) is 18.8. The molecule has 6 nitrogen and oxygen atoms in total. The fraction of sp³-hybridized carbons (Fsp3) is 0.650. The van der Waals surface area contributed by atoms with E-state index in [0.29, 0.717) is 18.7 Å². The molecule has 6 heteroatoms. The van der Waals surface area contributed by atoms with E-state index in [2.05, 4.69) is 32.8 Å². The molecular weight excluding hydrogens is 328 g/mol. The van der Waals surface area contributed by atoms with Crippen molar-refractivity contribution >= 4 is 16.9 Å². The van der Waals surface area contributed by atoms with Gasteiger partial charge in [0.25, 0.3) is 5.91 Å². The van der Waals surface area contributed by atoms with E-state index in [-0.39, 0.29) is 29.6 Å². The first-order valence-corrected chi connectivity index (χ1v) is 9.44. The zero-order valence-corrected chi connectivity index (χ0v) is 16.9. The number of ether oxygens (including phenoxy) is 1. The van der Waals surface area contributed by atoms with Gasteiger partial charge in [0.1, 0.15) is 0 Å². The summed E-state index contributed by atoms with van der Waals surface area (Å²) in [6.07, 6.45) is 1.79. The Labute approximate surface area is 155 Å². The van der Waals surface area contributed by atoms with Gasteiger partial charge in [0.2, 0.25) is 0 Å². The lowest BCUT2D eigenvalue weighted by molar-refractivity contribution is -0.118. The Morgan fingerprint density at radius 2 is 2.00 bits per heavy atom. The smallest absolute Gasteiger partial charge is 0.254 e. The van der Waals surface area contributed by atoms with Gasteiger partial charge in [0, 0.05) is 24.8 Å². The van der Waals surface area contributed by atoms with Gasteiger partial charge in [-0.15, -0.1) is 0 Å². The molecule has 2 aromatic heterocycles. The van der Waals surface area contributed by atoms with Crippen LogP contribution < -0.4 is 0 Å². The molecule has 0 saturated carbocycles. The van der Waals surface area contributed by atoms with Crippen LogP contribution in [0.15, 0.2) is 12.3 Å². The highest BCUT2D eigenvalue weighted by Gasteiger charge is 2.35. The van der Waals surface area contributed by atoms with E-state index in [1.807, 2.05) is 36.4 Å². The quantitative estimate of drug-likeness (QED) is 0.838. The third-order valence-corrected chi connectivity index (χ3v) is 4.75. The Morgan fingerprint density at radius 1 is 1.31 bits per heavy atom. The summed E-state index contributed by atoms with van der Waals surface area (Å²) < 4.78 is 7.84. The molecule has 1 saturated heterocycles. The van der Waals surface area contributed by atoms with Crippen molar-refractivity contribution in [3.05, 3.63) is 23.5 Å². The molecule has 1 unspecified atom stereocenters. The first-order valence-electron chi connectivity index (χ1n) is 9.44. The minimum absolute atomic E-state index is 0.0167. The maximum Gasteiger partial charge on any atom is 0.254 e. The number of aromatic nitrogens is 3. The van der Waals surface area contributed by atoms with Crippen molar-refractivity contribution in [1.82, 2.24) is 19.7 Å². The van der Waals surface area contributed by atoms with Gasteiger partial charge in [-0.25, -0.2) is 9.67 Å². The molecule has 0 aromatic carbocycles. The number of morpholine rings is 1. The molecule has 3 heterocycles. The van der Waals surface area contributed by atoms with Gasteiger partial charge in [-0.2, -0.15) is 5.10 Å². The van der Waals surface area contributed by atoms with E-state index >= 15 is 0 Å². The van der Waals surface area contributed by atoms with Crippen molar-refractivity contribution in [2.24, 2.45) is 0 Å². The SMILES string of the molecule is CC1CN(C(=O)c2cc(C(C)C)nc3c2cnn3C(C)C)CC(C)(C)O1. The van der Waals surface area contributed by atoms with Crippen molar-refractivity contribution in [3.8, 4) is 0 Å². The number of fused-ring (bicyclic) bond motifs is 1. The molecule has 0 radical (unpaired) electrons. The molecule has 2 aromatic rings. The second-order valence-electron chi connectivity index (χ2n) is 8.54. The van der Waals surface area contributed by atoms with Crippen LogP contribution in [0.1, 0.15) is 76.5 Å². The van der Waals surface area contributed by atoms with E-state index in [9.17, 15) is 4.79 Å². The Balaban J connectivity index is 2.10. The van der Waals surface area contributed by atoms with Gasteiger partial charge in [-0.3, -0.25) is 4.79 Å². The lowest BCUT2D eigenvalue weighted by atomic mass is 10.0. The summed E-state index contributed by atoms with van der Waals surface area (Å²) >= 11 is 0. The van der Waals surface area contributed by atoms with Crippen molar-refractivity contribution < 1.29 is 9.53 Å². The van der Waals surface area contributed by atoms with Crippen molar-refractivity contribution in [1.29, 1.82) is 0 Å². The van der Waals surface area contributed by atoms with Crippen molar-refractivity contribution in [2.45, 2.75) is 72.1 Å². The van der Waals surface area contributed by atoms with Crippen LogP contribution >= 0.6 is 0 Å². The predicted octanol–water partition coefficient (Wildman–Crippen LogP) is 3.78. The average molecular weight is 358 g/mol. The van der Waals surface area contributed by atoms with E-state index < -0.39 is 0 Å². The van der Waals surface area contributed by atoms with Gasteiger partial charge in [0.15, 0.2) is 5.65 Å². The maximum atomic E-state index is 13.4. The van der Waals surface area contributed by atoms with Crippen LogP contribution in [0.2, 0.25) is 0 Å². The number of hydrogen-bond acceptors (Lipinski definition) is 4. The number of carbonyl (C=O) groups is 1. The van der Waals surface area contributed by atoms with E-state index in [0.717, 1.165) is 16.7 Å². The molecule has 1 aliphatic heterocycles. The van der Waals surface area contributed by atoms with Crippen molar-refractivity contribution in [2.75, 3.05) is 13.1 Å². The average Bonchev–Trinajstić information content (AvgIpc) is 2.95. The maximum absolute atomic E-state index is 13.4. The number of pyridine rings is 1. The zero-order valence-electron chi connectivity index (χ0n) is 16.9. The highest BCUT2D eigenvalue weighted by Crippen LogP contribution is 2.28. The number of amides is 1. The van der Waals surface area contributed by atoms with Crippen LogP contribution in [0.3, 0.4) is 0 Å². The molecule has 1 amide bonds. The number of carbonyl (C=O) groups excluding carboxylic acids is 1. The topological polar surface area (TPSA) is 60.2 Å². The summed E-state index contributed by atoms with van der Waals surface area (Å²) in [5.74, 6) is 0.271. The third-order valence-electron chi connectivity index (χ3n) is 4.75. The van der Waals surface area contributed by atoms with Gasteiger partial charge in [-0.1, -0.05) is 13.8 Å². The normalized spacial score (nSPS) is 20.3. The van der Waals surface area contributed by atoms with Gasteiger partial charge >= 0.3 is 0 Å². The first-order chi connectivity index (χ1) is 12.1. The molecule has 1 atom stereocenters. The zero-order chi connectivity index (χ0) is 19.2. The number of nitrogens with zero attached hydrogens (tertiary/aromatic N) is 4. The lowest BCUT2D eigenvalue weighted by Crippen LogP contribution is -2.53. The summed E-state index contributed by atoms with van der Waals surface area (Å²) in [6, 6.07) is 2.13. The molecule has 3 rings (SSSR count). The van der Waals surface area contributed by atoms with Crippen LogP contribution in [0.4, 0.5) is 0 Å². The highest BCUT2D eigenvalue weighted by atomic mass is 16.5. The Bertz CT molecular complexity index is 823. The summed E-state index contributed by atoms with van der Waals surface area (Å²) in [5, 5.41) is 5.31. The van der Waals surface area contributed by atoms with Crippen LogP contribution in [-0.2, 0) is 4.74 Å². The minimum Gasteiger partial charge on any atom is -0.369 e. The summed E-state index contributed by atoms with van der Waals surface area (Å²) in [6.45, 7) is 15.6. The number of hydrogen-bond donors (Lipinski definition) is 0. The molecule has 26 heavy (non-hydrogen) atoms. The molecule has 0 spiro atoms. The summed E-state index contributed by atoms with van der Waals surface area (Å²) in [5.41, 5.74) is 2.05. The molecule has 1 aliphatic rings. The standard InChI is InChI=1S/C20H30N4O2/c1-12(2)17-8-15(16-9-21-24(13(3)4)18(16)22-17)19(25)23-10-14(5)26-20(6,7)11-23/h8-9,12-14H,10-11H2,1-7H3. The van der Waals surface area contributed by atoms with Gasteiger partial charge in [0.05, 0.1) is 28.9 Å². The fourth-order valence-electron chi connectivity index (χ4n) is 3.67. The molecule has 0 N–H and O–H groups in total. The monoisotopic (exact) mass is 358 g/mol. The Morgan fingerprint density at radius 3 is 2.58 bits per heavy atom. The van der Waals surface area contributed by atoms with Gasteiger partial charge < -0.3 is 9.64 Å². The Hall–Kier alpha value is -1.95. The van der Waals surface area contributed by atoms with Crippen LogP contribution in [0, 0.1) is 0 Å². The second kappa shape index (κ2) is 6.65. The third kappa shape index (κ3) is 3.47. The van der Waals surface area contributed by atoms with Crippen molar-refractivity contribution in [3.63, 3.8) is 0 Å². The molecule has 142 valence electrons. The molecular formula is C20H30N4O2.